The molecule has 0 aliphatic rings. The molecule has 4 heteroatoms. The van der Waals surface area contributed by atoms with Crippen molar-refractivity contribution in [2.75, 3.05) is 12.4 Å². The summed E-state index contributed by atoms with van der Waals surface area (Å²) >= 11 is 1.66. The van der Waals surface area contributed by atoms with Crippen molar-refractivity contribution in [1.29, 1.82) is 0 Å². The maximum atomic E-state index is 12.6. The van der Waals surface area contributed by atoms with Gasteiger partial charge in [0.15, 0.2) is 0 Å². The van der Waals surface area contributed by atoms with Crippen molar-refractivity contribution in [2.45, 2.75) is 25.2 Å². The maximum Gasteiger partial charge on any atom is 0.123 e. The minimum Gasteiger partial charge on any atom is -0.493 e. The van der Waals surface area contributed by atoms with E-state index in [2.05, 4.69) is 0 Å². The molecule has 0 bridgehead atoms. The first-order valence-electron chi connectivity index (χ1n) is 5.27. The fraction of sp³-hybridized carbons (Fsp3) is 0.500. The summed E-state index contributed by atoms with van der Waals surface area (Å²) in [7, 11) is 0. The topological polar surface area (TPSA) is 29.5 Å². The smallest absolute Gasteiger partial charge is 0.123 e. The van der Waals surface area contributed by atoms with Crippen molar-refractivity contribution >= 4 is 11.8 Å². The van der Waals surface area contributed by atoms with Crippen LogP contribution in [0, 0.1) is 5.82 Å². The molecule has 0 fully saturated rings. The van der Waals surface area contributed by atoms with Crippen LogP contribution < -0.4 is 4.74 Å². The molecule has 0 radical (unpaired) electrons. The largest absolute Gasteiger partial charge is 0.493 e. The van der Waals surface area contributed by atoms with Crippen LogP contribution in [0.2, 0.25) is 0 Å². The average molecular weight is 244 g/mol. The van der Waals surface area contributed by atoms with Crippen molar-refractivity contribution in [3.05, 3.63) is 30.1 Å². The summed E-state index contributed by atoms with van der Waals surface area (Å²) in [6, 6.07) is 5.97. The van der Waals surface area contributed by atoms with Gasteiger partial charge in [-0.3, -0.25) is 0 Å². The van der Waals surface area contributed by atoms with Crippen LogP contribution in [0.25, 0.3) is 0 Å². The zero-order chi connectivity index (χ0) is 12.0. The van der Waals surface area contributed by atoms with E-state index < -0.39 is 0 Å². The van der Waals surface area contributed by atoms with E-state index in [9.17, 15) is 9.50 Å². The lowest BCUT2D eigenvalue weighted by molar-refractivity contribution is 0.196. The molecule has 1 rings (SSSR count). The third kappa shape index (κ3) is 4.86. The second kappa shape index (κ2) is 6.76. The van der Waals surface area contributed by atoms with Crippen LogP contribution in [0.5, 0.6) is 5.75 Å². The van der Waals surface area contributed by atoms with Gasteiger partial charge in [0.05, 0.1) is 12.7 Å². The van der Waals surface area contributed by atoms with E-state index >= 15 is 0 Å². The second-order valence-electron chi connectivity index (χ2n) is 3.62. The first-order valence-corrected chi connectivity index (χ1v) is 6.32. The Hall–Kier alpha value is -0.740. The Bertz CT molecular complexity index is 300. The number of benzene rings is 1. The lowest BCUT2D eigenvalue weighted by Crippen LogP contribution is -2.17. The Morgan fingerprint density at radius 1 is 1.31 bits per heavy atom. The van der Waals surface area contributed by atoms with Crippen molar-refractivity contribution in [3.63, 3.8) is 0 Å². The molecule has 2 atom stereocenters. The molecule has 1 aromatic carbocycles. The molecule has 2 unspecified atom stereocenters. The van der Waals surface area contributed by atoms with E-state index in [1.54, 1.807) is 30.8 Å². The van der Waals surface area contributed by atoms with Crippen LogP contribution in [-0.4, -0.2) is 28.8 Å². The molecule has 2 nitrogen and oxygen atoms in total. The molecule has 1 aromatic rings. The molecule has 90 valence electrons. The predicted octanol–water partition coefficient (Wildman–Crippen LogP) is 2.71. The van der Waals surface area contributed by atoms with Crippen LogP contribution in [0.3, 0.4) is 0 Å². The number of halogens is 1. The zero-order valence-electron chi connectivity index (χ0n) is 9.52. The van der Waals surface area contributed by atoms with E-state index in [0.717, 1.165) is 5.75 Å². The van der Waals surface area contributed by atoms with E-state index in [0.29, 0.717) is 12.4 Å². The molecule has 1 N–H and O–H groups in total. The van der Waals surface area contributed by atoms with Gasteiger partial charge in [-0.25, -0.2) is 4.39 Å². The molecule has 0 aliphatic carbocycles. The van der Waals surface area contributed by atoms with Crippen LogP contribution >= 0.6 is 11.8 Å². The third-order valence-electron chi connectivity index (χ3n) is 2.23. The van der Waals surface area contributed by atoms with Crippen molar-refractivity contribution < 1.29 is 14.2 Å². The maximum absolute atomic E-state index is 12.6. The first kappa shape index (κ1) is 13.3. The molecular formula is C12H17FO2S. The van der Waals surface area contributed by atoms with Gasteiger partial charge in [-0.15, -0.1) is 0 Å². The molecular weight excluding hydrogens is 227 g/mol. The molecule has 0 aliphatic heterocycles. The predicted molar refractivity (Wildman–Crippen MR) is 65.5 cm³/mol. The Morgan fingerprint density at radius 3 is 2.50 bits per heavy atom. The van der Waals surface area contributed by atoms with Gasteiger partial charge >= 0.3 is 0 Å². The molecule has 0 saturated carbocycles. The van der Waals surface area contributed by atoms with Gasteiger partial charge in [-0.05, 0) is 31.2 Å². The SMILES string of the molecule is CC(O)C(C)SCCOc1ccc(F)cc1. The average Bonchev–Trinajstić information content (AvgIpc) is 2.26. The van der Waals surface area contributed by atoms with Gasteiger partial charge in [0.1, 0.15) is 11.6 Å². The zero-order valence-corrected chi connectivity index (χ0v) is 10.3. The standard InChI is InChI=1S/C12H17FO2S/c1-9(14)10(2)16-8-7-15-12-5-3-11(13)4-6-12/h3-6,9-10,14H,7-8H2,1-2H3. The van der Waals surface area contributed by atoms with Crippen molar-refractivity contribution in [3.8, 4) is 5.75 Å². The van der Waals surface area contributed by atoms with Crippen LogP contribution in [-0.2, 0) is 0 Å². The van der Waals surface area contributed by atoms with Gasteiger partial charge in [0.25, 0.3) is 0 Å². The molecule has 16 heavy (non-hydrogen) atoms. The van der Waals surface area contributed by atoms with Crippen molar-refractivity contribution in [1.82, 2.24) is 0 Å². The fourth-order valence-electron chi connectivity index (χ4n) is 1.06. The van der Waals surface area contributed by atoms with Crippen LogP contribution in [0.1, 0.15) is 13.8 Å². The molecule has 0 spiro atoms. The quantitative estimate of drug-likeness (QED) is 0.780. The monoisotopic (exact) mass is 244 g/mol. The van der Waals surface area contributed by atoms with Gasteiger partial charge < -0.3 is 9.84 Å². The lowest BCUT2D eigenvalue weighted by Gasteiger charge is -2.14. The highest BCUT2D eigenvalue weighted by Crippen LogP contribution is 2.15. The molecule has 0 amide bonds. The Balaban J connectivity index is 2.18. The number of hydrogen-bond donors (Lipinski definition) is 1. The van der Waals surface area contributed by atoms with Gasteiger partial charge in [0.2, 0.25) is 0 Å². The van der Waals surface area contributed by atoms with E-state index in [1.165, 1.54) is 12.1 Å². The minimum atomic E-state index is -0.309. The summed E-state index contributed by atoms with van der Waals surface area (Å²) in [4.78, 5) is 0. The number of aliphatic hydroxyl groups excluding tert-OH is 1. The van der Waals surface area contributed by atoms with Crippen molar-refractivity contribution in [2.24, 2.45) is 0 Å². The number of ether oxygens (including phenoxy) is 1. The van der Waals surface area contributed by atoms with Crippen LogP contribution in [0.4, 0.5) is 4.39 Å². The number of aliphatic hydroxyl groups is 1. The first-order chi connectivity index (χ1) is 7.59. The number of thioether (sulfide) groups is 1. The molecule has 0 heterocycles. The lowest BCUT2D eigenvalue weighted by atomic mass is 10.3. The summed E-state index contributed by atoms with van der Waals surface area (Å²) in [5.74, 6) is 1.22. The fourth-order valence-corrected chi connectivity index (χ4v) is 1.89. The third-order valence-corrected chi connectivity index (χ3v) is 3.55. The Labute approximate surface area is 99.8 Å². The second-order valence-corrected chi connectivity index (χ2v) is 5.10. The van der Waals surface area contributed by atoms with E-state index in [4.69, 9.17) is 4.74 Å². The number of rotatable bonds is 6. The summed E-state index contributed by atoms with van der Waals surface area (Å²) in [6.07, 6.45) is -0.309. The van der Waals surface area contributed by atoms with Gasteiger partial charge in [-0.2, -0.15) is 11.8 Å². The van der Waals surface area contributed by atoms with Crippen LogP contribution in [0.15, 0.2) is 24.3 Å². The highest BCUT2D eigenvalue weighted by Gasteiger charge is 2.08. The summed E-state index contributed by atoms with van der Waals surface area (Å²) in [5.41, 5.74) is 0. The normalized spacial score (nSPS) is 14.5. The Kier molecular flexibility index (Phi) is 5.63. The Morgan fingerprint density at radius 2 is 1.94 bits per heavy atom. The summed E-state index contributed by atoms with van der Waals surface area (Å²) < 4.78 is 18.0. The highest BCUT2D eigenvalue weighted by molar-refractivity contribution is 7.99. The highest BCUT2D eigenvalue weighted by atomic mass is 32.2. The minimum absolute atomic E-state index is 0.205. The molecule has 0 aromatic heterocycles. The van der Waals surface area contributed by atoms with E-state index in [1.807, 2.05) is 6.92 Å². The number of hydrogen-bond acceptors (Lipinski definition) is 3. The van der Waals surface area contributed by atoms with E-state index in [-0.39, 0.29) is 17.2 Å². The molecule has 0 saturated heterocycles. The summed E-state index contributed by atoms with van der Waals surface area (Å²) in [5, 5.41) is 9.47. The van der Waals surface area contributed by atoms with Gasteiger partial charge in [0, 0.05) is 11.0 Å². The summed E-state index contributed by atoms with van der Waals surface area (Å²) in [6.45, 7) is 4.32. The van der Waals surface area contributed by atoms with Gasteiger partial charge in [-0.1, -0.05) is 6.92 Å².